The lowest BCUT2D eigenvalue weighted by atomic mass is 10.0. The van der Waals surface area contributed by atoms with Crippen LogP contribution in [0.25, 0.3) is 0 Å². The number of nitrogens with zero attached hydrogens (tertiary/aromatic N) is 1. The van der Waals surface area contributed by atoms with Crippen molar-refractivity contribution in [3.63, 3.8) is 0 Å². The quantitative estimate of drug-likeness (QED) is 0.0369. The van der Waals surface area contributed by atoms with E-state index in [0.29, 0.717) is 6.61 Å². The summed E-state index contributed by atoms with van der Waals surface area (Å²) >= 11 is 0. The summed E-state index contributed by atoms with van der Waals surface area (Å²) in [6.07, 6.45) is 75.6. The lowest BCUT2D eigenvalue weighted by Gasteiger charge is -2.39. The molecule has 0 radical (unpaired) electrons. The van der Waals surface area contributed by atoms with Crippen LogP contribution in [0.2, 0.25) is 0 Å². The summed E-state index contributed by atoms with van der Waals surface area (Å²) in [6, 6.07) is 0. The van der Waals surface area contributed by atoms with E-state index in [-0.39, 0.29) is 0 Å². The van der Waals surface area contributed by atoms with Gasteiger partial charge in [0.15, 0.2) is 0 Å². The number of hydrogen-bond donors (Lipinski definition) is 1. The highest BCUT2D eigenvalue weighted by Gasteiger charge is 2.25. The Morgan fingerprint density at radius 3 is 0.724 bits per heavy atom. The van der Waals surface area contributed by atoms with Gasteiger partial charge < -0.3 is 9.59 Å². The zero-order valence-corrected chi connectivity index (χ0v) is 39.8. The molecule has 58 heavy (non-hydrogen) atoms. The van der Waals surface area contributed by atoms with Gasteiger partial charge >= 0.3 is 0 Å². The molecular formula is C56H104NO+. The first-order valence-electron chi connectivity index (χ1n) is 26.1. The zero-order valence-electron chi connectivity index (χ0n) is 39.8. The van der Waals surface area contributed by atoms with Crippen LogP contribution >= 0.6 is 0 Å². The van der Waals surface area contributed by atoms with Crippen LogP contribution in [-0.2, 0) is 0 Å². The van der Waals surface area contributed by atoms with Gasteiger partial charge in [-0.05, 0) is 135 Å². The van der Waals surface area contributed by atoms with E-state index in [0.717, 1.165) is 25.8 Å². The van der Waals surface area contributed by atoms with Gasteiger partial charge in [0.25, 0.3) is 0 Å². The van der Waals surface area contributed by atoms with Gasteiger partial charge in [-0.15, -0.1) is 0 Å². The van der Waals surface area contributed by atoms with Gasteiger partial charge in [-0.2, -0.15) is 0 Å². The molecule has 0 heterocycles. The normalized spacial score (nSPS) is 12.8. The molecule has 2 heteroatoms. The smallest absolute Gasteiger partial charge is 0.102 e. The monoisotopic (exact) mass is 807 g/mol. The lowest BCUT2D eigenvalue weighted by Crippen LogP contribution is -2.51. The number of hydrogen-bond acceptors (Lipinski definition) is 1. The molecule has 0 aromatic rings. The number of aliphatic hydroxyl groups is 1. The van der Waals surface area contributed by atoms with Gasteiger partial charge in [0, 0.05) is 0 Å². The van der Waals surface area contributed by atoms with Crippen LogP contribution in [0.3, 0.4) is 0 Å². The van der Waals surface area contributed by atoms with Crippen molar-refractivity contribution in [1.29, 1.82) is 0 Å². The van der Waals surface area contributed by atoms with Crippen molar-refractivity contribution in [2.75, 3.05) is 32.8 Å². The highest BCUT2D eigenvalue weighted by molar-refractivity contribution is 4.94. The maximum absolute atomic E-state index is 10.3. The van der Waals surface area contributed by atoms with Crippen molar-refractivity contribution < 1.29 is 9.59 Å². The highest BCUT2D eigenvalue weighted by atomic mass is 16.3. The SMILES string of the molecule is CCCCCC=CCC=CCCCCCCCC[N+](CCO)(CCCCCCCC/C=C\C/C=C\CCCCC)CCCCCCCC/C=C\C/C=C\CCCCC. The maximum Gasteiger partial charge on any atom is 0.102 e. The summed E-state index contributed by atoms with van der Waals surface area (Å²) in [5.74, 6) is 0. The summed E-state index contributed by atoms with van der Waals surface area (Å²) in [5, 5.41) is 10.3. The molecule has 0 aromatic heterocycles. The second-order valence-corrected chi connectivity index (χ2v) is 17.7. The first-order valence-corrected chi connectivity index (χ1v) is 26.1. The Labute approximate surface area is 365 Å². The number of unbranched alkanes of at least 4 members (excludes halogenated alkanes) is 27. The van der Waals surface area contributed by atoms with Gasteiger partial charge in [-0.3, -0.25) is 0 Å². The van der Waals surface area contributed by atoms with Crippen LogP contribution in [0.4, 0.5) is 0 Å². The summed E-state index contributed by atoms with van der Waals surface area (Å²) in [5.41, 5.74) is 0. The van der Waals surface area contributed by atoms with Gasteiger partial charge in [0.05, 0.1) is 26.2 Å². The average molecular weight is 807 g/mol. The number of quaternary nitrogens is 1. The van der Waals surface area contributed by atoms with E-state index in [2.05, 4.69) is 93.7 Å². The molecule has 0 aliphatic heterocycles. The van der Waals surface area contributed by atoms with E-state index < -0.39 is 0 Å². The fraction of sp³-hybridized carbons (Fsp3) is 0.786. The van der Waals surface area contributed by atoms with Crippen LogP contribution in [0.15, 0.2) is 72.9 Å². The minimum atomic E-state index is 0.340. The minimum Gasteiger partial charge on any atom is -0.391 e. The Morgan fingerprint density at radius 1 is 0.259 bits per heavy atom. The number of allylic oxidation sites excluding steroid dienone is 12. The van der Waals surface area contributed by atoms with Gasteiger partial charge in [-0.25, -0.2) is 0 Å². The van der Waals surface area contributed by atoms with Crippen LogP contribution in [-0.4, -0.2) is 42.4 Å². The highest BCUT2D eigenvalue weighted by Crippen LogP contribution is 2.19. The van der Waals surface area contributed by atoms with E-state index in [4.69, 9.17) is 0 Å². The van der Waals surface area contributed by atoms with E-state index in [1.807, 2.05) is 0 Å². The van der Waals surface area contributed by atoms with Gasteiger partial charge in [0.2, 0.25) is 0 Å². The van der Waals surface area contributed by atoms with E-state index in [1.54, 1.807) is 0 Å². The van der Waals surface area contributed by atoms with E-state index in [1.165, 1.54) is 236 Å². The molecule has 0 aliphatic carbocycles. The Bertz CT molecular complexity index is 837. The molecule has 0 rings (SSSR count). The fourth-order valence-corrected chi connectivity index (χ4v) is 8.19. The lowest BCUT2D eigenvalue weighted by molar-refractivity contribution is -0.929. The molecule has 0 saturated carbocycles. The molecule has 0 spiro atoms. The van der Waals surface area contributed by atoms with Gasteiger partial charge in [-0.1, -0.05) is 190 Å². The maximum atomic E-state index is 10.3. The predicted molar refractivity (Wildman–Crippen MR) is 265 cm³/mol. The molecule has 0 fully saturated rings. The van der Waals surface area contributed by atoms with E-state index >= 15 is 0 Å². The minimum absolute atomic E-state index is 0.340. The molecule has 0 aliphatic rings. The summed E-state index contributed by atoms with van der Waals surface area (Å²) < 4.78 is 1.17. The second-order valence-electron chi connectivity index (χ2n) is 17.7. The Hall–Kier alpha value is -1.64. The van der Waals surface area contributed by atoms with Crippen LogP contribution in [0, 0.1) is 0 Å². The first kappa shape index (κ1) is 56.4. The molecule has 1 N–H and O–H groups in total. The third-order valence-corrected chi connectivity index (χ3v) is 12.1. The van der Waals surface area contributed by atoms with Crippen LogP contribution in [0.5, 0.6) is 0 Å². The first-order chi connectivity index (χ1) is 28.7. The van der Waals surface area contributed by atoms with Crippen molar-refractivity contribution in [1.82, 2.24) is 0 Å². The molecule has 338 valence electrons. The van der Waals surface area contributed by atoms with Crippen LogP contribution < -0.4 is 0 Å². The third kappa shape index (κ3) is 43.9. The largest absolute Gasteiger partial charge is 0.391 e. The standard InChI is InChI=1S/C56H104NO/c1-4-7-10-13-16-19-22-25-28-31-34-37-40-43-46-49-52-57(55-56-58,53-50-47-44-41-38-35-32-29-26-23-20-17-14-11-8-5-2)54-51-48-45-42-39-36-33-30-27-24-21-18-15-12-9-6-3/h16-21,25-30,58H,4-15,22-24,31-56H2,1-3H3/q+1/b19-16-,20-17-,21-18?,28-25-,29-26-,30-27?. The Morgan fingerprint density at radius 2 is 0.483 bits per heavy atom. The van der Waals surface area contributed by atoms with Crippen molar-refractivity contribution >= 4 is 0 Å². The Kier molecular flexibility index (Phi) is 48.3. The van der Waals surface area contributed by atoms with E-state index in [9.17, 15) is 5.11 Å². The van der Waals surface area contributed by atoms with Crippen molar-refractivity contribution in [2.45, 2.75) is 252 Å². The van der Waals surface area contributed by atoms with Crippen LogP contribution in [0.1, 0.15) is 252 Å². The van der Waals surface area contributed by atoms with Gasteiger partial charge in [0.1, 0.15) is 6.54 Å². The molecule has 0 amide bonds. The number of aliphatic hydroxyl groups excluding tert-OH is 1. The summed E-state index contributed by atoms with van der Waals surface area (Å²) in [4.78, 5) is 0. The molecule has 0 aromatic carbocycles. The topological polar surface area (TPSA) is 20.2 Å². The third-order valence-electron chi connectivity index (χ3n) is 12.1. The molecule has 0 unspecified atom stereocenters. The average Bonchev–Trinajstić information content (AvgIpc) is 3.23. The fourth-order valence-electron chi connectivity index (χ4n) is 8.19. The second kappa shape index (κ2) is 49.7. The molecular weight excluding hydrogens is 703 g/mol. The Balaban J connectivity index is 4.50. The number of rotatable bonds is 47. The van der Waals surface area contributed by atoms with Crippen molar-refractivity contribution in [3.05, 3.63) is 72.9 Å². The molecule has 2 nitrogen and oxygen atoms in total. The zero-order chi connectivity index (χ0) is 42.0. The van der Waals surface area contributed by atoms with Crippen molar-refractivity contribution in [2.24, 2.45) is 0 Å². The molecule has 0 saturated heterocycles. The predicted octanol–water partition coefficient (Wildman–Crippen LogP) is 18.2. The summed E-state index contributed by atoms with van der Waals surface area (Å²) in [6.45, 7) is 11.9. The molecule has 0 atom stereocenters. The summed E-state index contributed by atoms with van der Waals surface area (Å²) in [7, 11) is 0. The van der Waals surface area contributed by atoms with Crippen molar-refractivity contribution in [3.8, 4) is 0 Å². The molecule has 0 bridgehead atoms.